The van der Waals surface area contributed by atoms with Crippen LogP contribution in [-0.2, 0) is 4.79 Å². The van der Waals surface area contributed by atoms with E-state index < -0.39 is 0 Å². The number of hydrogen-bond acceptors (Lipinski definition) is 3. The Kier molecular flexibility index (Phi) is 4.13. The molecule has 0 unspecified atom stereocenters. The lowest BCUT2D eigenvalue weighted by Crippen LogP contribution is -2.76. The van der Waals surface area contributed by atoms with E-state index in [9.17, 15) is 4.79 Å². The average Bonchev–Trinajstić information content (AvgIpc) is 2.52. The van der Waals surface area contributed by atoms with Crippen molar-refractivity contribution in [3.8, 4) is 0 Å². The Bertz CT molecular complexity index is 615. The lowest BCUT2D eigenvalue weighted by molar-refractivity contribution is -0.205. The Morgan fingerprint density at radius 3 is 2.04 bits per heavy atom. The highest BCUT2D eigenvalue weighted by molar-refractivity contribution is 9.10. The van der Waals surface area contributed by atoms with Crippen molar-refractivity contribution < 1.29 is 4.79 Å². The number of carbonyl (C=O) groups excluding carboxylic acids is 1. The van der Waals surface area contributed by atoms with Crippen LogP contribution >= 0.6 is 15.9 Å². The fourth-order valence-corrected chi connectivity index (χ4v) is 6.20. The Balaban J connectivity index is 1.73. The van der Waals surface area contributed by atoms with Crippen molar-refractivity contribution in [2.45, 2.75) is 45.7 Å². The summed E-state index contributed by atoms with van der Waals surface area (Å²) < 4.78 is 1.14. The van der Waals surface area contributed by atoms with E-state index in [2.05, 4.69) is 63.8 Å². The molecule has 0 radical (unpaired) electrons. The van der Waals surface area contributed by atoms with Crippen LogP contribution in [0.1, 0.15) is 51.3 Å². The summed E-state index contributed by atoms with van der Waals surface area (Å²) >= 11 is 3.62. The molecule has 3 nitrogen and oxygen atoms in total. The zero-order valence-corrected chi connectivity index (χ0v) is 16.3. The summed E-state index contributed by atoms with van der Waals surface area (Å²) in [4.78, 5) is 18.6. The van der Waals surface area contributed by atoms with E-state index in [0.717, 1.165) is 56.3 Å². The first-order valence-electron chi connectivity index (χ1n) is 9.32. The van der Waals surface area contributed by atoms with E-state index in [1.807, 2.05) is 0 Å². The molecular formula is C20H27BrN2O. The van der Waals surface area contributed by atoms with Crippen LogP contribution in [0.4, 0.5) is 0 Å². The number of rotatable bonds is 5. The predicted octanol–water partition coefficient (Wildman–Crippen LogP) is 4.23. The van der Waals surface area contributed by atoms with Crippen LogP contribution in [0, 0.1) is 10.8 Å². The molecule has 5 rings (SSSR count). The third kappa shape index (κ3) is 2.33. The van der Waals surface area contributed by atoms with Gasteiger partial charge in [-0.3, -0.25) is 14.6 Å². The van der Waals surface area contributed by atoms with Crippen molar-refractivity contribution in [2.24, 2.45) is 10.8 Å². The topological polar surface area (TPSA) is 23.6 Å². The molecule has 4 heteroatoms. The molecule has 0 amide bonds. The van der Waals surface area contributed by atoms with Gasteiger partial charge < -0.3 is 0 Å². The minimum absolute atomic E-state index is 0.122. The second kappa shape index (κ2) is 5.93. The first-order valence-corrected chi connectivity index (χ1v) is 10.1. The Labute approximate surface area is 153 Å². The zero-order chi connectivity index (χ0) is 16.9. The molecule has 130 valence electrons. The molecule has 4 aliphatic rings. The molecule has 4 fully saturated rings. The predicted molar refractivity (Wildman–Crippen MR) is 99.7 cm³/mol. The first kappa shape index (κ1) is 16.7. The second-order valence-electron chi connectivity index (χ2n) is 8.13. The van der Waals surface area contributed by atoms with Crippen LogP contribution in [-0.4, -0.2) is 41.8 Å². The van der Waals surface area contributed by atoms with Crippen LogP contribution in [0.5, 0.6) is 0 Å². The van der Waals surface area contributed by atoms with E-state index in [-0.39, 0.29) is 10.8 Å². The van der Waals surface area contributed by atoms with Gasteiger partial charge in [-0.15, -0.1) is 0 Å². The van der Waals surface area contributed by atoms with Crippen LogP contribution in [0.3, 0.4) is 0 Å². The Hall–Kier alpha value is -0.710. The number of Topliss-reactive ketones (excluding diaryl/α,β-unsaturated/α-hetero) is 1. The summed E-state index contributed by atoms with van der Waals surface area (Å²) in [6.07, 6.45) is 4.60. The fourth-order valence-electron chi connectivity index (χ4n) is 5.78. The van der Waals surface area contributed by atoms with Crippen molar-refractivity contribution in [1.29, 1.82) is 0 Å². The maximum atomic E-state index is 13.4. The average molecular weight is 391 g/mol. The van der Waals surface area contributed by atoms with Crippen molar-refractivity contribution >= 4 is 21.7 Å². The number of nitrogens with zero attached hydrogens (tertiary/aromatic N) is 2. The molecule has 0 saturated carbocycles. The maximum absolute atomic E-state index is 13.4. The van der Waals surface area contributed by atoms with Crippen molar-refractivity contribution in [1.82, 2.24) is 9.80 Å². The van der Waals surface area contributed by atoms with Gasteiger partial charge >= 0.3 is 0 Å². The molecule has 4 bridgehead atoms. The van der Waals surface area contributed by atoms with Gasteiger partial charge in [0.1, 0.15) is 5.78 Å². The summed E-state index contributed by atoms with van der Waals surface area (Å²) in [5.41, 5.74) is 1.11. The molecule has 4 saturated heterocycles. The van der Waals surface area contributed by atoms with Gasteiger partial charge in [0.15, 0.2) is 0 Å². The van der Waals surface area contributed by atoms with Crippen LogP contribution < -0.4 is 0 Å². The van der Waals surface area contributed by atoms with Gasteiger partial charge in [-0.1, -0.05) is 54.8 Å². The minimum Gasteiger partial charge on any atom is -0.298 e. The maximum Gasteiger partial charge on any atom is 0.150 e. The van der Waals surface area contributed by atoms with Gasteiger partial charge in [-0.05, 0) is 30.5 Å². The third-order valence-corrected chi connectivity index (χ3v) is 6.78. The standard InChI is InChI=1S/C20H27BrN2O/c1-3-8-19-11-22-13-20(9-4-2,18(19)24)14-23(12-19)17(22)15-6-5-7-16(21)10-15/h5-7,10,17H,3-4,8-9,11-14H2,1-2H3. The number of benzene rings is 1. The fraction of sp³-hybridized carbons (Fsp3) is 0.650. The van der Waals surface area contributed by atoms with Crippen LogP contribution in [0.15, 0.2) is 28.7 Å². The van der Waals surface area contributed by atoms with E-state index in [1.54, 1.807) is 0 Å². The molecule has 0 spiro atoms. The normalized spacial score (nSPS) is 40.3. The highest BCUT2D eigenvalue weighted by atomic mass is 79.9. The highest BCUT2D eigenvalue weighted by Crippen LogP contribution is 2.55. The highest BCUT2D eigenvalue weighted by Gasteiger charge is 2.64. The van der Waals surface area contributed by atoms with E-state index in [0.29, 0.717) is 11.9 Å². The quantitative estimate of drug-likeness (QED) is 0.751. The van der Waals surface area contributed by atoms with Crippen molar-refractivity contribution in [3.63, 3.8) is 0 Å². The SMILES string of the molecule is CCCC12CN3CC(CCC)(CN(C1)C3c1cccc(Br)c1)C2=O. The first-order chi connectivity index (χ1) is 11.5. The molecule has 0 atom stereocenters. The van der Waals surface area contributed by atoms with Crippen LogP contribution in [0.2, 0.25) is 0 Å². The summed E-state index contributed by atoms with van der Waals surface area (Å²) in [6.45, 7) is 8.21. The van der Waals surface area contributed by atoms with Gasteiger partial charge in [-0.25, -0.2) is 0 Å². The van der Waals surface area contributed by atoms with E-state index in [4.69, 9.17) is 0 Å². The van der Waals surface area contributed by atoms with Crippen LogP contribution in [0.25, 0.3) is 0 Å². The number of halogens is 1. The lowest BCUT2D eigenvalue weighted by atomic mass is 9.57. The smallest absolute Gasteiger partial charge is 0.150 e. The Morgan fingerprint density at radius 1 is 1.04 bits per heavy atom. The van der Waals surface area contributed by atoms with Gasteiger partial charge in [0, 0.05) is 30.7 Å². The monoisotopic (exact) mass is 390 g/mol. The molecule has 0 aromatic heterocycles. The summed E-state index contributed by atoms with van der Waals surface area (Å²) in [5, 5.41) is 0. The summed E-state index contributed by atoms with van der Waals surface area (Å²) in [7, 11) is 0. The third-order valence-electron chi connectivity index (χ3n) is 6.28. The molecule has 0 aliphatic carbocycles. The molecule has 4 heterocycles. The molecule has 4 aliphatic heterocycles. The number of ketones is 1. The van der Waals surface area contributed by atoms with E-state index in [1.165, 1.54) is 5.56 Å². The largest absolute Gasteiger partial charge is 0.298 e. The minimum atomic E-state index is -0.122. The van der Waals surface area contributed by atoms with Gasteiger partial charge in [0.05, 0.1) is 17.0 Å². The van der Waals surface area contributed by atoms with Crippen molar-refractivity contribution in [2.75, 3.05) is 26.2 Å². The number of hydrogen-bond donors (Lipinski definition) is 0. The lowest BCUT2D eigenvalue weighted by Gasteiger charge is -2.66. The number of carbonyl (C=O) groups is 1. The number of piperidine rings is 2. The molecule has 1 aromatic carbocycles. The summed E-state index contributed by atoms with van der Waals surface area (Å²) in [5.74, 6) is 0.582. The second-order valence-corrected chi connectivity index (χ2v) is 9.04. The van der Waals surface area contributed by atoms with Gasteiger partial charge in [0.2, 0.25) is 0 Å². The molecular weight excluding hydrogens is 364 g/mol. The van der Waals surface area contributed by atoms with E-state index >= 15 is 0 Å². The zero-order valence-electron chi connectivity index (χ0n) is 14.7. The van der Waals surface area contributed by atoms with Gasteiger partial charge in [-0.2, -0.15) is 0 Å². The summed E-state index contributed by atoms with van der Waals surface area (Å²) in [6, 6.07) is 8.69. The van der Waals surface area contributed by atoms with Gasteiger partial charge in [0.25, 0.3) is 0 Å². The molecule has 24 heavy (non-hydrogen) atoms. The molecule has 1 aromatic rings. The Morgan fingerprint density at radius 2 is 1.58 bits per heavy atom. The van der Waals surface area contributed by atoms with Crippen molar-refractivity contribution in [3.05, 3.63) is 34.3 Å². The molecule has 0 N–H and O–H groups in total.